The van der Waals surface area contributed by atoms with Gasteiger partial charge >= 0.3 is 0 Å². The number of aromatic nitrogens is 3. The van der Waals surface area contributed by atoms with Crippen LogP contribution in [0.4, 0.5) is 4.39 Å². The molecule has 0 aliphatic carbocycles. The molecule has 2 aromatic heterocycles. The van der Waals surface area contributed by atoms with Gasteiger partial charge in [0.05, 0.1) is 9.92 Å². The van der Waals surface area contributed by atoms with Crippen LogP contribution in [0.3, 0.4) is 0 Å². The number of hydrogen-bond acceptors (Lipinski definition) is 6. The van der Waals surface area contributed by atoms with Crippen molar-refractivity contribution in [3.8, 4) is 0 Å². The molecule has 25 heavy (non-hydrogen) atoms. The number of rotatable bonds is 3. The van der Waals surface area contributed by atoms with Crippen molar-refractivity contribution in [1.29, 1.82) is 0 Å². The third-order valence-electron chi connectivity index (χ3n) is 3.57. The summed E-state index contributed by atoms with van der Waals surface area (Å²) < 4.78 is 40.0. The van der Waals surface area contributed by atoms with Crippen LogP contribution in [0.5, 0.6) is 0 Å². The molecule has 0 spiro atoms. The summed E-state index contributed by atoms with van der Waals surface area (Å²) in [5, 5.41) is 0.516. The fourth-order valence-electron chi connectivity index (χ4n) is 2.26. The monoisotopic (exact) mass is 399 g/mol. The quantitative estimate of drug-likeness (QED) is 0.382. The SMILES string of the molecule is CSc1ncc2cc(S(=O)(=O)c3ccc(F)c(Cl)c3)c(=O)n(C)c2n1. The van der Waals surface area contributed by atoms with Gasteiger partial charge in [0, 0.05) is 18.6 Å². The summed E-state index contributed by atoms with van der Waals surface area (Å²) >= 11 is 6.96. The summed E-state index contributed by atoms with van der Waals surface area (Å²) in [4.78, 5) is 20.2. The third-order valence-corrected chi connectivity index (χ3v) is 6.16. The van der Waals surface area contributed by atoms with Crippen molar-refractivity contribution in [1.82, 2.24) is 14.5 Å². The molecule has 0 atom stereocenters. The Labute approximate surface area is 151 Å². The molecule has 2 heterocycles. The fourth-order valence-corrected chi connectivity index (χ4v) is 4.27. The lowest BCUT2D eigenvalue weighted by atomic mass is 10.3. The molecule has 0 amide bonds. The number of benzene rings is 1. The van der Waals surface area contributed by atoms with Crippen LogP contribution < -0.4 is 5.56 Å². The van der Waals surface area contributed by atoms with Crippen molar-refractivity contribution in [2.24, 2.45) is 7.05 Å². The summed E-state index contributed by atoms with van der Waals surface area (Å²) in [6, 6.07) is 4.19. The van der Waals surface area contributed by atoms with E-state index in [2.05, 4.69) is 9.97 Å². The summed E-state index contributed by atoms with van der Waals surface area (Å²) in [5.41, 5.74) is -0.417. The smallest absolute Gasteiger partial charge is 0.271 e. The maximum Gasteiger partial charge on any atom is 0.271 e. The number of aryl methyl sites for hydroxylation is 1. The summed E-state index contributed by atoms with van der Waals surface area (Å²) in [6.07, 6.45) is 3.24. The highest BCUT2D eigenvalue weighted by Gasteiger charge is 2.24. The molecular weight excluding hydrogens is 389 g/mol. The van der Waals surface area contributed by atoms with Crippen LogP contribution in [0.2, 0.25) is 5.02 Å². The van der Waals surface area contributed by atoms with Gasteiger partial charge in [0.1, 0.15) is 16.4 Å². The maximum atomic E-state index is 13.3. The minimum Gasteiger partial charge on any atom is -0.295 e. The van der Waals surface area contributed by atoms with E-state index < -0.39 is 26.1 Å². The largest absolute Gasteiger partial charge is 0.295 e. The number of pyridine rings is 1. The summed E-state index contributed by atoms with van der Waals surface area (Å²) in [6.45, 7) is 0. The number of hydrogen-bond donors (Lipinski definition) is 0. The van der Waals surface area contributed by atoms with Crippen LogP contribution in [0.25, 0.3) is 11.0 Å². The second-order valence-electron chi connectivity index (χ2n) is 5.09. The van der Waals surface area contributed by atoms with E-state index in [0.717, 1.165) is 22.8 Å². The Balaban J connectivity index is 2.29. The van der Waals surface area contributed by atoms with Crippen molar-refractivity contribution in [3.63, 3.8) is 0 Å². The molecule has 130 valence electrons. The van der Waals surface area contributed by atoms with Crippen molar-refractivity contribution >= 4 is 44.2 Å². The zero-order chi connectivity index (χ0) is 18.4. The van der Waals surface area contributed by atoms with Gasteiger partial charge in [0.25, 0.3) is 5.56 Å². The predicted molar refractivity (Wildman–Crippen MR) is 93.4 cm³/mol. The van der Waals surface area contributed by atoms with Crippen molar-refractivity contribution in [2.75, 3.05) is 6.26 Å². The van der Waals surface area contributed by atoms with Crippen molar-refractivity contribution in [2.45, 2.75) is 14.9 Å². The highest BCUT2D eigenvalue weighted by molar-refractivity contribution is 7.98. The van der Waals surface area contributed by atoms with Crippen LogP contribution in [-0.4, -0.2) is 29.2 Å². The Morgan fingerprint density at radius 2 is 2.00 bits per heavy atom. The molecule has 0 unspecified atom stereocenters. The molecule has 0 aliphatic heterocycles. The van der Waals surface area contributed by atoms with Gasteiger partial charge in [-0.1, -0.05) is 23.4 Å². The molecule has 6 nitrogen and oxygen atoms in total. The summed E-state index contributed by atoms with van der Waals surface area (Å²) in [7, 11) is -2.75. The number of fused-ring (bicyclic) bond motifs is 1. The molecule has 3 aromatic rings. The Morgan fingerprint density at radius 3 is 2.64 bits per heavy atom. The maximum absolute atomic E-state index is 13.3. The first-order valence-electron chi connectivity index (χ1n) is 6.86. The van der Waals surface area contributed by atoms with Crippen molar-refractivity contribution in [3.05, 3.63) is 51.7 Å². The third kappa shape index (κ3) is 3.03. The van der Waals surface area contributed by atoms with Crippen LogP contribution >= 0.6 is 23.4 Å². The van der Waals surface area contributed by atoms with Gasteiger partial charge in [-0.3, -0.25) is 9.36 Å². The van der Waals surface area contributed by atoms with Crippen molar-refractivity contribution < 1.29 is 12.8 Å². The van der Waals surface area contributed by atoms with Gasteiger partial charge in [0.15, 0.2) is 5.16 Å². The number of sulfone groups is 1. The first-order valence-corrected chi connectivity index (χ1v) is 9.95. The Bertz CT molecular complexity index is 1160. The van der Waals surface area contributed by atoms with Gasteiger partial charge in [-0.15, -0.1) is 0 Å². The van der Waals surface area contributed by atoms with Crippen LogP contribution in [0, 0.1) is 5.82 Å². The standard InChI is InChI=1S/C15H11ClFN3O3S2/c1-20-13-8(7-18-15(19-13)24-2)5-12(14(20)21)25(22,23)9-3-4-11(17)10(16)6-9/h3-7H,1-2H3. The topological polar surface area (TPSA) is 81.9 Å². The minimum atomic E-state index is -4.18. The van der Waals surface area contributed by atoms with E-state index >= 15 is 0 Å². The molecule has 10 heteroatoms. The van der Waals surface area contributed by atoms with E-state index in [9.17, 15) is 17.6 Å². The Morgan fingerprint density at radius 1 is 1.28 bits per heavy atom. The number of thioether (sulfide) groups is 1. The first kappa shape index (κ1) is 17.8. The Hall–Kier alpha value is -1.97. The summed E-state index contributed by atoms with van der Waals surface area (Å²) in [5.74, 6) is -0.745. The highest BCUT2D eigenvalue weighted by Crippen LogP contribution is 2.25. The van der Waals surface area contributed by atoms with E-state index in [-0.39, 0.29) is 9.92 Å². The second kappa shape index (κ2) is 6.40. The molecule has 0 N–H and O–H groups in total. The second-order valence-corrected chi connectivity index (χ2v) is 8.19. The zero-order valence-electron chi connectivity index (χ0n) is 13.0. The van der Waals surface area contributed by atoms with Gasteiger partial charge in [-0.05, 0) is 30.5 Å². The normalized spacial score (nSPS) is 11.8. The van der Waals surface area contributed by atoms with Gasteiger partial charge in [-0.2, -0.15) is 0 Å². The lowest BCUT2D eigenvalue weighted by molar-refractivity contribution is 0.592. The molecule has 0 saturated carbocycles. The number of nitrogens with zero attached hydrogens (tertiary/aromatic N) is 3. The van der Waals surface area contributed by atoms with Crippen LogP contribution in [0.1, 0.15) is 0 Å². The lowest BCUT2D eigenvalue weighted by Gasteiger charge is -2.10. The van der Waals surface area contributed by atoms with E-state index in [4.69, 9.17) is 11.6 Å². The zero-order valence-corrected chi connectivity index (χ0v) is 15.4. The number of halogens is 2. The van der Waals surface area contributed by atoms with E-state index in [0.29, 0.717) is 16.2 Å². The van der Waals surface area contributed by atoms with Crippen LogP contribution in [0.15, 0.2) is 50.2 Å². The van der Waals surface area contributed by atoms with E-state index in [1.807, 2.05) is 0 Å². The molecule has 0 fully saturated rings. The molecule has 3 rings (SSSR count). The van der Waals surface area contributed by atoms with Gasteiger partial charge in [-0.25, -0.2) is 22.8 Å². The van der Waals surface area contributed by atoms with Gasteiger partial charge < -0.3 is 0 Å². The van der Waals surface area contributed by atoms with Crippen LogP contribution in [-0.2, 0) is 16.9 Å². The lowest BCUT2D eigenvalue weighted by Crippen LogP contribution is -2.25. The minimum absolute atomic E-state index is 0.267. The fraction of sp³-hybridized carbons (Fsp3) is 0.133. The highest BCUT2D eigenvalue weighted by atomic mass is 35.5. The predicted octanol–water partition coefficient (Wildman–Crippen LogP) is 2.68. The average molecular weight is 400 g/mol. The molecular formula is C15H11ClFN3O3S2. The molecule has 0 bridgehead atoms. The van der Waals surface area contributed by atoms with E-state index in [1.54, 1.807) is 6.26 Å². The van der Waals surface area contributed by atoms with Gasteiger partial charge in [0.2, 0.25) is 9.84 Å². The first-order chi connectivity index (χ1) is 11.8. The van der Waals surface area contributed by atoms with E-state index in [1.165, 1.54) is 31.1 Å². The molecule has 0 saturated heterocycles. The average Bonchev–Trinajstić information content (AvgIpc) is 2.59. The Kier molecular flexibility index (Phi) is 4.56. The molecule has 0 aliphatic rings. The molecule has 0 radical (unpaired) electrons. The molecule has 1 aromatic carbocycles.